The molecule has 0 radical (unpaired) electrons. The van der Waals surface area contributed by atoms with Gasteiger partial charge in [0.05, 0.1) is 27.8 Å². The Labute approximate surface area is 447 Å². The third-order valence-corrected chi connectivity index (χ3v) is 13.1. The molecule has 0 spiro atoms. The molecule has 0 saturated carbocycles. The van der Waals surface area contributed by atoms with Crippen LogP contribution >= 0.6 is 46.4 Å². The normalized spacial score (nSPS) is 23.5. The van der Waals surface area contributed by atoms with Crippen molar-refractivity contribution in [3.05, 3.63) is 0 Å². The summed E-state index contributed by atoms with van der Waals surface area (Å²) in [4.78, 5) is 85.2. The van der Waals surface area contributed by atoms with Gasteiger partial charge in [0.25, 0.3) is 17.7 Å². The van der Waals surface area contributed by atoms with Crippen LogP contribution in [0.1, 0.15) is 128 Å². The Morgan fingerprint density at radius 3 is 1.24 bits per heavy atom. The number of fused-ring (bicyclic) bond motifs is 3. The molecule has 6 aliphatic rings. The first-order valence-electron chi connectivity index (χ1n) is 24.0. The molecule has 25 heteroatoms. The van der Waals surface area contributed by atoms with Crippen LogP contribution in [0.3, 0.4) is 0 Å². The molecule has 0 aromatic rings. The monoisotopic (exact) mass is 1100 g/mol. The lowest BCUT2D eigenvalue weighted by molar-refractivity contribution is -0.143. The van der Waals surface area contributed by atoms with Crippen molar-refractivity contribution in [2.75, 3.05) is 71.1 Å². The predicted molar refractivity (Wildman–Crippen MR) is 288 cm³/mol. The molecule has 5 atom stereocenters. The number of rotatable bonds is 9. The second-order valence-corrected chi connectivity index (χ2v) is 21.3. The third kappa shape index (κ3) is 17.4. The molecule has 5 unspecified atom stereocenters. The molecule has 6 aliphatic heterocycles. The van der Waals surface area contributed by atoms with E-state index in [2.05, 4.69) is 50.4 Å². The van der Waals surface area contributed by atoms with Crippen LogP contribution in [0.5, 0.6) is 0 Å². The smallest absolute Gasteiger partial charge is 0.326 e. The van der Waals surface area contributed by atoms with E-state index in [-0.39, 0.29) is 68.6 Å². The highest BCUT2D eigenvalue weighted by atomic mass is 35.5. The Balaban J connectivity index is 0. The van der Waals surface area contributed by atoms with E-state index in [1.165, 1.54) is 15.0 Å². The minimum Gasteiger partial charge on any atom is -0.480 e. The minimum atomic E-state index is -0.986. The van der Waals surface area contributed by atoms with Crippen molar-refractivity contribution in [2.24, 2.45) is 42.4 Å². The molecule has 6 amide bonds. The number of alkyl halides is 4. The fraction of sp³-hybridized carbons (Fsp3) is 0.787. The number of nitrogens with zero attached hydrogens (tertiary/aromatic N) is 7. The fourth-order valence-electron chi connectivity index (χ4n) is 8.57. The van der Waals surface area contributed by atoms with Gasteiger partial charge in [0.2, 0.25) is 17.7 Å². The summed E-state index contributed by atoms with van der Waals surface area (Å²) in [6.07, 6.45) is 5.64. The Hall–Kier alpha value is -3.70. The summed E-state index contributed by atoms with van der Waals surface area (Å²) in [5.41, 5.74) is 0.600. The van der Waals surface area contributed by atoms with Crippen LogP contribution in [0, 0.1) is 27.1 Å². The van der Waals surface area contributed by atoms with Gasteiger partial charge in [-0.2, -0.15) is 15.3 Å². The molecule has 21 nitrogen and oxygen atoms in total. The van der Waals surface area contributed by atoms with Gasteiger partial charge < -0.3 is 42.9 Å². The van der Waals surface area contributed by atoms with E-state index < -0.39 is 34.3 Å². The third-order valence-electron chi connectivity index (χ3n) is 13.1. The minimum absolute atomic E-state index is 0. The Kier molecular flexibility index (Phi) is 30.5. The van der Waals surface area contributed by atoms with E-state index in [9.17, 15) is 33.6 Å². The topological polar surface area (TPSA) is 304 Å². The first-order chi connectivity index (χ1) is 32.6. The van der Waals surface area contributed by atoms with Crippen LogP contribution in [0.25, 0.3) is 0 Å². The van der Waals surface area contributed by atoms with Crippen molar-refractivity contribution >= 4 is 105 Å². The maximum Gasteiger partial charge on any atom is 0.326 e. The van der Waals surface area contributed by atoms with Gasteiger partial charge in [0, 0.05) is 90.5 Å². The van der Waals surface area contributed by atoms with Crippen LogP contribution < -0.4 is 27.4 Å². The van der Waals surface area contributed by atoms with Crippen molar-refractivity contribution in [3.63, 3.8) is 0 Å². The molecule has 3 saturated heterocycles. The van der Waals surface area contributed by atoms with E-state index in [0.29, 0.717) is 38.8 Å². The lowest BCUT2D eigenvalue weighted by Crippen LogP contribution is -2.58. The summed E-state index contributed by atoms with van der Waals surface area (Å²) in [5, 5.41) is 38.3. The van der Waals surface area contributed by atoms with Crippen LogP contribution in [-0.4, -0.2) is 172 Å². The number of nitrogens with one attached hydrogen (secondary N) is 4. The molecule has 6 heterocycles. The highest BCUT2D eigenvalue weighted by Gasteiger charge is 2.53. The average Bonchev–Trinajstić information content (AvgIpc) is 3.84. The summed E-state index contributed by atoms with van der Waals surface area (Å²) in [7, 11) is 5.14. The maximum absolute atomic E-state index is 13.0. The number of carboxylic acid groups (broad SMARTS) is 1. The van der Waals surface area contributed by atoms with Crippen LogP contribution in [0.15, 0.2) is 15.3 Å². The Morgan fingerprint density at radius 1 is 0.625 bits per heavy atom. The molecule has 0 aromatic heterocycles. The zero-order chi connectivity index (χ0) is 54.0. The standard InChI is InChI=1S/C18H30N4O3.2C9H15N3O.C9H17NO3.2CH2Cl2.H3N.H2O/c1-7-12(19-15(24)17(3,4)5)14(23)22-10-9-13-18(8-2,11-22)16(25)21(6)20-13;2*1-3-9-6-10-5-4-7(9)11-12(2)8(9)13;1-5-6(7(11)12)10-8(13)9(2,3)4;2*2-1-3;;/h12H,7-11H2,1-6H3,(H,19,24);2*10H,3-6H2,1-2H3;6H,5H2,1-4H3,(H,10,13)(H,11,12);2*1H2;1H3;1H2. The number of carbonyl (C=O) groups excluding carboxylic acids is 6. The number of piperidine rings is 3. The summed E-state index contributed by atoms with van der Waals surface area (Å²) >= 11 is 19.1. The summed E-state index contributed by atoms with van der Waals surface area (Å²) in [6.45, 7) is 24.7. The van der Waals surface area contributed by atoms with Crippen LogP contribution in [-0.2, 0) is 33.6 Å². The number of carboxylic acids is 1. The maximum atomic E-state index is 13.0. The van der Waals surface area contributed by atoms with Gasteiger partial charge in [-0.25, -0.2) is 19.8 Å². The molecule has 6 rings (SSSR count). The molecule has 72 heavy (non-hydrogen) atoms. The number of aliphatic carboxylic acids is 1. The van der Waals surface area contributed by atoms with Crippen molar-refractivity contribution in [3.8, 4) is 0 Å². The highest BCUT2D eigenvalue weighted by Crippen LogP contribution is 2.39. The first-order valence-corrected chi connectivity index (χ1v) is 26.1. The quantitative estimate of drug-likeness (QED) is 0.167. The number of likely N-dealkylation sites (tertiary alicyclic amines) is 1. The molecule has 3 fully saturated rings. The summed E-state index contributed by atoms with van der Waals surface area (Å²) < 4.78 is 0. The fourth-order valence-corrected chi connectivity index (χ4v) is 8.57. The number of hydrazone groups is 3. The van der Waals surface area contributed by atoms with Crippen molar-refractivity contribution < 1.29 is 44.1 Å². The zero-order valence-electron chi connectivity index (χ0n) is 45.1. The molecular formula is C47H86Cl4N12O9. The first kappa shape index (κ1) is 70.4. The Morgan fingerprint density at radius 2 is 0.944 bits per heavy atom. The molecule has 10 N–H and O–H groups in total. The van der Waals surface area contributed by atoms with E-state index in [0.717, 1.165) is 69.0 Å². The lowest BCUT2D eigenvalue weighted by atomic mass is 9.75. The second-order valence-electron chi connectivity index (χ2n) is 19.7. The number of amides is 6. The van der Waals surface area contributed by atoms with Gasteiger partial charge in [-0.15, -0.1) is 46.4 Å². The molecular weight excluding hydrogens is 1020 g/mol. The second kappa shape index (κ2) is 31.2. The van der Waals surface area contributed by atoms with E-state index in [1.54, 1.807) is 53.7 Å². The number of carbonyl (C=O) groups is 7. The van der Waals surface area contributed by atoms with Gasteiger partial charge in [0.1, 0.15) is 28.3 Å². The van der Waals surface area contributed by atoms with Crippen molar-refractivity contribution in [1.29, 1.82) is 0 Å². The van der Waals surface area contributed by atoms with Gasteiger partial charge in [-0.05, 0) is 32.1 Å². The van der Waals surface area contributed by atoms with E-state index >= 15 is 0 Å². The van der Waals surface area contributed by atoms with Crippen molar-refractivity contribution in [2.45, 2.75) is 140 Å². The van der Waals surface area contributed by atoms with Gasteiger partial charge in [-0.3, -0.25) is 28.8 Å². The zero-order valence-corrected chi connectivity index (χ0v) is 48.1. The molecule has 416 valence electrons. The van der Waals surface area contributed by atoms with Crippen molar-refractivity contribution in [1.82, 2.24) is 47.3 Å². The number of hydrogen-bond donors (Lipinski definition) is 6. The largest absolute Gasteiger partial charge is 0.480 e. The van der Waals surface area contributed by atoms with Crippen LogP contribution in [0.2, 0.25) is 0 Å². The molecule has 0 aromatic carbocycles. The lowest BCUT2D eigenvalue weighted by Gasteiger charge is -2.40. The number of halogens is 4. The SMILES string of the molecule is CCC(NC(=O)C(C)(C)C)C(=O)N1CCC2=NN(C)C(=O)C2(CC)C1.CCC(NC(=O)C(C)(C)C)C(=O)O.CCC12CNCCC1=NN(C)C2=O.CCC12CNCCC1=NN(C)C2=O.ClCCl.ClCCl.N.O. The van der Waals surface area contributed by atoms with Gasteiger partial charge >= 0.3 is 5.97 Å². The summed E-state index contributed by atoms with van der Waals surface area (Å²) in [5.74, 6) is -1.23. The van der Waals surface area contributed by atoms with E-state index in [4.69, 9.17) is 51.5 Å². The van der Waals surface area contributed by atoms with Crippen LogP contribution in [0.4, 0.5) is 0 Å². The molecule has 0 aliphatic carbocycles. The average molecular weight is 1110 g/mol. The highest BCUT2D eigenvalue weighted by molar-refractivity contribution is 6.41. The number of hydrogen-bond acceptors (Lipinski definition) is 13. The van der Waals surface area contributed by atoms with E-state index in [1.807, 2.05) is 34.6 Å². The Bertz CT molecular complexity index is 1870. The van der Waals surface area contributed by atoms with Gasteiger partial charge in [0.15, 0.2) is 0 Å². The predicted octanol–water partition coefficient (Wildman–Crippen LogP) is 4.98. The van der Waals surface area contributed by atoms with Gasteiger partial charge in [-0.1, -0.05) is 76.2 Å². The molecule has 0 bridgehead atoms. The summed E-state index contributed by atoms with van der Waals surface area (Å²) in [6, 6.07) is -1.33.